The Balaban J connectivity index is 1.75. The van der Waals surface area contributed by atoms with Crippen molar-refractivity contribution >= 4 is 0 Å². The van der Waals surface area contributed by atoms with E-state index < -0.39 is 0 Å². The monoisotopic (exact) mass is 152 g/mol. The van der Waals surface area contributed by atoms with E-state index in [-0.39, 0.29) is 0 Å². The van der Waals surface area contributed by atoms with Crippen LogP contribution in [-0.2, 0) is 0 Å². The van der Waals surface area contributed by atoms with E-state index in [1.54, 1.807) is 0 Å². The van der Waals surface area contributed by atoms with Crippen molar-refractivity contribution in [2.24, 2.45) is 5.92 Å². The van der Waals surface area contributed by atoms with Crippen molar-refractivity contribution in [1.82, 2.24) is 10.2 Å². The first-order valence-corrected chi connectivity index (χ1v) is 4.91. The van der Waals surface area contributed by atoms with E-state index in [9.17, 15) is 0 Å². The van der Waals surface area contributed by atoms with Crippen molar-refractivity contribution in [2.45, 2.75) is 31.3 Å². The molecule has 1 unspecified atom stereocenters. The standard InChI is InChI=1S/C9H16N2/c1-2-8(1)11-4-3-7-5-10-6-9(7)11/h7-10H,1-6H2/t7?,9-/m0/s1. The van der Waals surface area contributed by atoms with Gasteiger partial charge in [-0.15, -0.1) is 0 Å². The molecule has 2 heterocycles. The summed E-state index contributed by atoms with van der Waals surface area (Å²) in [4.78, 5) is 2.75. The summed E-state index contributed by atoms with van der Waals surface area (Å²) in [5, 5.41) is 3.50. The molecule has 2 aliphatic heterocycles. The van der Waals surface area contributed by atoms with Gasteiger partial charge in [0.05, 0.1) is 0 Å². The molecule has 1 aliphatic carbocycles. The second kappa shape index (κ2) is 2.20. The van der Waals surface area contributed by atoms with Crippen LogP contribution in [0.5, 0.6) is 0 Å². The van der Waals surface area contributed by atoms with E-state index >= 15 is 0 Å². The summed E-state index contributed by atoms with van der Waals surface area (Å²) in [5.41, 5.74) is 0. The van der Waals surface area contributed by atoms with Gasteiger partial charge in [-0.2, -0.15) is 0 Å². The average Bonchev–Trinajstić information content (AvgIpc) is 2.63. The van der Waals surface area contributed by atoms with E-state index in [0.29, 0.717) is 0 Å². The molecule has 3 aliphatic rings. The molecular weight excluding hydrogens is 136 g/mol. The lowest BCUT2D eigenvalue weighted by molar-refractivity contribution is 0.242. The molecule has 2 nitrogen and oxygen atoms in total. The lowest BCUT2D eigenvalue weighted by Crippen LogP contribution is -2.35. The van der Waals surface area contributed by atoms with Crippen LogP contribution in [0.25, 0.3) is 0 Å². The Morgan fingerprint density at radius 1 is 1.09 bits per heavy atom. The van der Waals surface area contributed by atoms with Crippen LogP contribution in [0.15, 0.2) is 0 Å². The second-order valence-corrected chi connectivity index (χ2v) is 4.24. The molecule has 0 spiro atoms. The molecule has 3 fully saturated rings. The molecule has 62 valence electrons. The Labute approximate surface area is 68.0 Å². The van der Waals surface area contributed by atoms with Crippen LogP contribution in [0, 0.1) is 5.92 Å². The third-order valence-electron chi connectivity index (χ3n) is 3.50. The van der Waals surface area contributed by atoms with Crippen molar-refractivity contribution in [2.75, 3.05) is 19.6 Å². The van der Waals surface area contributed by atoms with E-state index in [0.717, 1.165) is 18.0 Å². The molecule has 0 bridgehead atoms. The second-order valence-electron chi connectivity index (χ2n) is 4.24. The first-order chi connectivity index (χ1) is 5.45. The van der Waals surface area contributed by atoms with Gasteiger partial charge in [0.1, 0.15) is 0 Å². The van der Waals surface area contributed by atoms with Gasteiger partial charge in [0.25, 0.3) is 0 Å². The molecule has 2 atom stereocenters. The molecule has 0 radical (unpaired) electrons. The summed E-state index contributed by atoms with van der Waals surface area (Å²) in [5.74, 6) is 0.996. The normalized spacial score (nSPS) is 44.7. The van der Waals surface area contributed by atoms with Crippen LogP contribution in [0.1, 0.15) is 19.3 Å². The highest BCUT2D eigenvalue weighted by Gasteiger charge is 2.43. The van der Waals surface area contributed by atoms with Crippen molar-refractivity contribution in [3.05, 3.63) is 0 Å². The zero-order chi connectivity index (χ0) is 7.26. The largest absolute Gasteiger partial charge is 0.315 e. The summed E-state index contributed by atoms with van der Waals surface area (Å²) >= 11 is 0. The van der Waals surface area contributed by atoms with Crippen LogP contribution in [-0.4, -0.2) is 36.6 Å². The van der Waals surface area contributed by atoms with Gasteiger partial charge in [0.2, 0.25) is 0 Å². The van der Waals surface area contributed by atoms with Crippen LogP contribution < -0.4 is 5.32 Å². The fraction of sp³-hybridized carbons (Fsp3) is 1.00. The lowest BCUT2D eigenvalue weighted by atomic mass is 10.1. The third kappa shape index (κ3) is 0.926. The third-order valence-corrected chi connectivity index (χ3v) is 3.50. The predicted octanol–water partition coefficient (Wildman–Crippen LogP) is 0.442. The minimum Gasteiger partial charge on any atom is -0.315 e. The minimum absolute atomic E-state index is 0.919. The molecule has 1 N–H and O–H groups in total. The van der Waals surface area contributed by atoms with Crippen LogP contribution in [0.3, 0.4) is 0 Å². The van der Waals surface area contributed by atoms with Gasteiger partial charge in [-0.05, 0) is 38.3 Å². The van der Waals surface area contributed by atoms with E-state index in [1.807, 2.05) is 0 Å². The average molecular weight is 152 g/mol. The molecule has 0 aromatic carbocycles. The van der Waals surface area contributed by atoms with Crippen LogP contribution >= 0.6 is 0 Å². The molecule has 11 heavy (non-hydrogen) atoms. The first-order valence-electron chi connectivity index (χ1n) is 4.91. The van der Waals surface area contributed by atoms with Gasteiger partial charge in [-0.3, -0.25) is 4.90 Å². The van der Waals surface area contributed by atoms with Gasteiger partial charge < -0.3 is 5.32 Å². The molecule has 2 saturated heterocycles. The number of hydrogen-bond donors (Lipinski definition) is 1. The fourth-order valence-electron chi connectivity index (χ4n) is 2.74. The fourth-order valence-corrected chi connectivity index (χ4v) is 2.74. The molecule has 2 heteroatoms. The molecule has 0 amide bonds. The van der Waals surface area contributed by atoms with Gasteiger partial charge in [-0.1, -0.05) is 0 Å². The number of rotatable bonds is 1. The molecule has 0 aromatic rings. The van der Waals surface area contributed by atoms with Crippen LogP contribution in [0.4, 0.5) is 0 Å². The highest BCUT2D eigenvalue weighted by atomic mass is 15.3. The Morgan fingerprint density at radius 3 is 2.82 bits per heavy atom. The summed E-state index contributed by atoms with van der Waals surface area (Å²) in [6, 6.07) is 1.91. The number of fused-ring (bicyclic) bond motifs is 1. The predicted molar refractivity (Wildman–Crippen MR) is 44.5 cm³/mol. The summed E-state index contributed by atoms with van der Waals surface area (Å²) in [6.07, 6.45) is 4.40. The quantitative estimate of drug-likeness (QED) is 0.586. The molecule has 0 aromatic heterocycles. The minimum atomic E-state index is 0.919. The van der Waals surface area contributed by atoms with Crippen molar-refractivity contribution in [1.29, 1.82) is 0 Å². The maximum Gasteiger partial charge on any atom is 0.0264 e. The van der Waals surface area contributed by atoms with Crippen molar-refractivity contribution < 1.29 is 0 Å². The summed E-state index contributed by atoms with van der Waals surface area (Å²) < 4.78 is 0. The Hall–Kier alpha value is -0.0800. The van der Waals surface area contributed by atoms with E-state index in [1.165, 1.54) is 38.9 Å². The Bertz CT molecular complexity index is 165. The summed E-state index contributed by atoms with van der Waals surface area (Å²) in [7, 11) is 0. The molecular formula is C9H16N2. The smallest absolute Gasteiger partial charge is 0.0264 e. The zero-order valence-corrected chi connectivity index (χ0v) is 6.92. The SMILES string of the molecule is C1CN(C2CC2)[C@H]2CNCC12. The Kier molecular flexibility index (Phi) is 1.29. The maximum atomic E-state index is 3.50. The summed E-state index contributed by atoms with van der Waals surface area (Å²) in [6.45, 7) is 3.94. The topological polar surface area (TPSA) is 15.3 Å². The number of hydrogen-bond acceptors (Lipinski definition) is 2. The van der Waals surface area contributed by atoms with Gasteiger partial charge in [0.15, 0.2) is 0 Å². The highest BCUT2D eigenvalue weighted by Crippen LogP contribution is 2.37. The first kappa shape index (κ1) is 6.44. The highest BCUT2D eigenvalue weighted by molar-refractivity contribution is 5.00. The van der Waals surface area contributed by atoms with Crippen molar-refractivity contribution in [3.63, 3.8) is 0 Å². The molecule has 1 saturated carbocycles. The number of likely N-dealkylation sites (tertiary alicyclic amines) is 1. The number of nitrogens with zero attached hydrogens (tertiary/aromatic N) is 1. The number of nitrogens with one attached hydrogen (secondary N) is 1. The van der Waals surface area contributed by atoms with Gasteiger partial charge in [0, 0.05) is 18.6 Å². The van der Waals surface area contributed by atoms with Crippen LogP contribution in [0.2, 0.25) is 0 Å². The van der Waals surface area contributed by atoms with Gasteiger partial charge >= 0.3 is 0 Å². The molecule has 3 rings (SSSR count). The lowest BCUT2D eigenvalue weighted by Gasteiger charge is -2.22. The Morgan fingerprint density at radius 2 is 2.00 bits per heavy atom. The maximum absolute atomic E-state index is 3.50. The van der Waals surface area contributed by atoms with E-state index in [4.69, 9.17) is 0 Å². The zero-order valence-electron chi connectivity index (χ0n) is 6.92. The van der Waals surface area contributed by atoms with Gasteiger partial charge in [-0.25, -0.2) is 0 Å². The van der Waals surface area contributed by atoms with E-state index in [2.05, 4.69) is 10.2 Å². The van der Waals surface area contributed by atoms with Crippen molar-refractivity contribution in [3.8, 4) is 0 Å².